The molecule has 6 heteroatoms. The Labute approximate surface area is 157 Å². The number of nitrogens with zero attached hydrogens (tertiary/aromatic N) is 2. The molecule has 1 saturated heterocycles. The van der Waals surface area contributed by atoms with Crippen LogP contribution in [0.2, 0.25) is 0 Å². The average molecular weight is 368 g/mol. The smallest absolute Gasteiger partial charge is 0.213 e. The van der Waals surface area contributed by atoms with Crippen LogP contribution in [0.5, 0.6) is 11.5 Å². The molecule has 1 aromatic heterocycles. The standard InChI is InChI=1S/C21H21FN2O3/c1-2-18-13-25-21(27-18,14-24-12-11-23-15-24)16-3-7-19(8-4-16)26-20-9-5-17(22)6-10-20/h3-12,15,18H,2,13-14H2,1H3. The number of benzene rings is 2. The number of hydrogen-bond donors (Lipinski definition) is 0. The van der Waals surface area contributed by atoms with Crippen molar-refractivity contribution in [2.24, 2.45) is 0 Å². The van der Waals surface area contributed by atoms with Gasteiger partial charge in [-0.25, -0.2) is 9.37 Å². The molecule has 2 aromatic carbocycles. The zero-order valence-corrected chi connectivity index (χ0v) is 15.0. The zero-order chi connectivity index (χ0) is 18.7. The Morgan fingerprint density at radius 1 is 1.15 bits per heavy atom. The highest BCUT2D eigenvalue weighted by atomic mass is 19.1. The van der Waals surface area contributed by atoms with Crippen molar-refractivity contribution in [1.82, 2.24) is 9.55 Å². The molecule has 3 aromatic rings. The van der Waals surface area contributed by atoms with E-state index in [1.165, 1.54) is 12.1 Å². The first-order valence-corrected chi connectivity index (χ1v) is 8.98. The maximum Gasteiger partial charge on any atom is 0.213 e. The van der Waals surface area contributed by atoms with Gasteiger partial charge < -0.3 is 18.8 Å². The molecule has 1 aliphatic heterocycles. The van der Waals surface area contributed by atoms with E-state index in [-0.39, 0.29) is 11.9 Å². The Kier molecular flexibility index (Phi) is 4.92. The van der Waals surface area contributed by atoms with Crippen molar-refractivity contribution >= 4 is 0 Å². The Morgan fingerprint density at radius 3 is 2.44 bits per heavy atom. The summed E-state index contributed by atoms with van der Waals surface area (Å²) in [5, 5.41) is 0. The molecule has 5 nitrogen and oxygen atoms in total. The largest absolute Gasteiger partial charge is 0.457 e. The predicted octanol–water partition coefficient (Wildman–Crippen LogP) is 4.49. The summed E-state index contributed by atoms with van der Waals surface area (Å²) in [7, 11) is 0. The highest BCUT2D eigenvalue weighted by Gasteiger charge is 2.43. The summed E-state index contributed by atoms with van der Waals surface area (Å²) in [4.78, 5) is 4.10. The molecule has 2 atom stereocenters. The second-order valence-corrected chi connectivity index (χ2v) is 6.53. The second-order valence-electron chi connectivity index (χ2n) is 6.53. The Balaban J connectivity index is 1.56. The van der Waals surface area contributed by atoms with Gasteiger partial charge in [-0.15, -0.1) is 0 Å². The monoisotopic (exact) mass is 368 g/mol. The van der Waals surface area contributed by atoms with Crippen LogP contribution in [0.15, 0.2) is 67.3 Å². The van der Waals surface area contributed by atoms with Crippen molar-refractivity contribution in [3.63, 3.8) is 0 Å². The van der Waals surface area contributed by atoms with Crippen molar-refractivity contribution in [3.8, 4) is 11.5 Å². The lowest BCUT2D eigenvalue weighted by molar-refractivity contribution is -0.187. The van der Waals surface area contributed by atoms with Crippen molar-refractivity contribution in [1.29, 1.82) is 0 Å². The second kappa shape index (κ2) is 7.50. The molecule has 27 heavy (non-hydrogen) atoms. The van der Waals surface area contributed by atoms with E-state index < -0.39 is 5.79 Å². The highest BCUT2D eigenvalue weighted by Crippen LogP contribution is 2.38. The van der Waals surface area contributed by atoms with Crippen molar-refractivity contribution in [2.45, 2.75) is 31.8 Å². The van der Waals surface area contributed by atoms with E-state index in [1.807, 2.05) is 35.0 Å². The molecule has 1 aliphatic rings. The molecule has 0 aliphatic carbocycles. The quantitative estimate of drug-likeness (QED) is 0.643. The van der Waals surface area contributed by atoms with Crippen molar-refractivity contribution in [3.05, 3.63) is 78.6 Å². The SMILES string of the molecule is CCC1COC(Cn2ccnc2)(c2ccc(Oc3ccc(F)cc3)cc2)O1. The number of rotatable bonds is 6. The Bertz CT molecular complexity index is 865. The maximum absolute atomic E-state index is 13.0. The topological polar surface area (TPSA) is 45.5 Å². The molecule has 0 bridgehead atoms. The molecule has 2 unspecified atom stereocenters. The average Bonchev–Trinajstić information content (AvgIpc) is 3.35. The minimum absolute atomic E-state index is 0.0589. The molecule has 0 N–H and O–H groups in total. The molecular formula is C21H21FN2O3. The van der Waals surface area contributed by atoms with Crippen LogP contribution >= 0.6 is 0 Å². The van der Waals surface area contributed by atoms with Crippen LogP contribution in [0.3, 0.4) is 0 Å². The van der Waals surface area contributed by atoms with Crippen LogP contribution in [0, 0.1) is 5.82 Å². The van der Waals surface area contributed by atoms with E-state index in [0.717, 1.165) is 12.0 Å². The van der Waals surface area contributed by atoms with Gasteiger partial charge in [-0.3, -0.25) is 0 Å². The molecule has 0 spiro atoms. The van der Waals surface area contributed by atoms with E-state index in [0.29, 0.717) is 24.7 Å². The van der Waals surface area contributed by atoms with Gasteiger partial charge in [0.15, 0.2) is 0 Å². The maximum atomic E-state index is 13.0. The number of imidazole rings is 1. The molecule has 0 saturated carbocycles. The van der Waals surface area contributed by atoms with Crippen LogP contribution in [0.1, 0.15) is 18.9 Å². The first kappa shape index (κ1) is 17.7. The van der Waals surface area contributed by atoms with Gasteiger partial charge in [0.05, 0.1) is 25.6 Å². The fourth-order valence-electron chi connectivity index (χ4n) is 3.13. The lowest BCUT2D eigenvalue weighted by Crippen LogP contribution is -2.33. The van der Waals surface area contributed by atoms with Gasteiger partial charge in [-0.2, -0.15) is 0 Å². The Morgan fingerprint density at radius 2 is 1.85 bits per heavy atom. The summed E-state index contributed by atoms with van der Waals surface area (Å²) < 4.78 is 33.1. The van der Waals surface area contributed by atoms with Crippen molar-refractivity contribution in [2.75, 3.05) is 6.61 Å². The summed E-state index contributed by atoms with van der Waals surface area (Å²) in [5.41, 5.74) is 0.915. The van der Waals surface area contributed by atoms with E-state index in [4.69, 9.17) is 14.2 Å². The van der Waals surface area contributed by atoms with Gasteiger partial charge in [0.1, 0.15) is 17.3 Å². The molecule has 140 valence electrons. The van der Waals surface area contributed by atoms with Crippen LogP contribution in [0.4, 0.5) is 4.39 Å². The molecule has 0 amide bonds. The van der Waals surface area contributed by atoms with Crippen LogP contribution in [-0.4, -0.2) is 22.3 Å². The number of ether oxygens (including phenoxy) is 3. The molecular weight excluding hydrogens is 347 g/mol. The minimum atomic E-state index is -0.851. The third-order valence-corrected chi connectivity index (χ3v) is 4.61. The Hall–Kier alpha value is -2.70. The van der Waals surface area contributed by atoms with Gasteiger partial charge in [0.2, 0.25) is 5.79 Å². The van der Waals surface area contributed by atoms with Gasteiger partial charge in [-0.1, -0.05) is 6.92 Å². The highest BCUT2D eigenvalue weighted by molar-refractivity contribution is 5.34. The third kappa shape index (κ3) is 3.86. The van der Waals surface area contributed by atoms with Crippen LogP contribution in [-0.2, 0) is 21.8 Å². The van der Waals surface area contributed by atoms with Gasteiger partial charge in [0.25, 0.3) is 0 Å². The fourth-order valence-corrected chi connectivity index (χ4v) is 3.13. The number of hydrogen-bond acceptors (Lipinski definition) is 4. The van der Waals surface area contributed by atoms with E-state index in [9.17, 15) is 4.39 Å². The van der Waals surface area contributed by atoms with Crippen LogP contribution < -0.4 is 4.74 Å². The van der Waals surface area contributed by atoms with E-state index in [1.54, 1.807) is 24.7 Å². The van der Waals surface area contributed by atoms with Crippen molar-refractivity contribution < 1.29 is 18.6 Å². The zero-order valence-electron chi connectivity index (χ0n) is 15.0. The first-order valence-electron chi connectivity index (χ1n) is 8.98. The summed E-state index contributed by atoms with van der Waals surface area (Å²) in [6.07, 6.45) is 6.32. The van der Waals surface area contributed by atoms with Gasteiger partial charge in [0, 0.05) is 18.0 Å². The normalized spacial score (nSPS) is 22.1. The van der Waals surface area contributed by atoms with Gasteiger partial charge in [-0.05, 0) is 55.0 Å². The summed E-state index contributed by atoms with van der Waals surface area (Å²) in [5.74, 6) is 0.0977. The lowest BCUT2D eigenvalue weighted by atomic mass is 10.1. The van der Waals surface area contributed by atoms with Gasteiger partial charge >= 0.3 is 0 Å². The fraction of sp³-hybridized carbons (Fsp3) is 0.286. The summed E-state index contributed by atoms with van der Waals surface area (Å²) >= 11 is 0. The summed E-state index contributed by atoms with van der Waals surface area (Å²) in [6.45, 7) is 3.15. The predicted molar refractivity (Wildman–Crippen MR) is 97.9 cm³/mol. The third-order valence-electron chi connectivity index (χ3n) is 4.61. The summed E-state index contributed by atoms with van der Waals surface area (Å²) in [6, 6.07) is 13.5. The molecule has 4 rings (SSSR count). The van der Waals surface area contributed by atoms with Crippen LogP contribution in [0.25, 0.3) is 0 Å². The minimum Gasteiger partial charge on any atom is -0.457 e. The number of aromatic nitrogens is 2. The number of halogens is 1. The first-order chi connectivity index (χ1) is 13.2. The van der Waals surface area contributed by atoms with E-state index in [2.05, 4.69) is 11.9 Å². The molecule has 2 heterocycles. The lowest BCUT2D eigenvalue weighted by Gasteiger charge is -2.29. The molecule has 0 radical (unpaired) electrons. The van der Waals surface area contributed by atoms with E-state index >= 15 is 0 Å². The molecule has 1 fully saturated rings.